The van der Waals surface area contributed by atoms with Crippen molar-refractivity contribution in [1.82, 2.24) is 10.3 Å². The quantitative estimate of drug-likeness (QED) is 0.847. The van der Waals surface area contributed by atoms with Gasteiger partial charge in [0.25, 0.3) is 5.91 Å². The van der Waals surface area contributed by atoms with Gasteiger partial charge in [-0.3, -0.25) is 9.78 Å². The molecule has 0 bridgehead atoms. The molecule has 0 saturated carbocycles. The van der Waals surface area contributed by atoms with E-state index in [9.17, 15) is 4.79 Å². The molecule has 1 amide bonds. The van der Waals surface area contributed by atoms with Gasteiger partial charge in [-0.15, -0.1) is 11.3 Å². The van der Waals surface area contributed by atoms with Gasteiger partial charge < -0.3 is 11.1 Å². The van der Waals surface area contributed by atoms with Crippen LogP contribution in [-0.2, 0) is 6.54 Å². The highest BCUT2D eigenvalue weighted by Gasteiger charge is 2.08. The van der Waals surface area contributed by atoms with Crippen molar-refractivity contribution in [2.24, 2.45) is 0 Å². The monoisotopic (exact) mass is 233 g/mol. The summed E-state index contributed by atoms with van der Waals surface area (Å²) in [5.74, 6) is -0.173. The lowest BCUT2D eigenvalue weighted by atomic mass is 10.2. The zero-order valence-electron chi connectivity index (χ0n) is 8.51. The van der Waals surface area contributed by atoms with Crippen LogP contribution in [0.5, 0.6) is 0 Å². The number of rotatable bonds is 3. The first-order valence-electron chi connectivity index (χ1n) is 4.77. The van der Waals surface area contributed by atoms with Crippen molar-refractivity contribution in [2.75, 3.05) is 5.73 Å². The van der Waals surface area contributed by atoms with Crippen LogP contribution in [0.15, 0.2) is 36.0 Å². The zero-order chi connectivity index (χ0) is 11.4. The van der Waals surface area contributed by atoms with E-state index < -0.39 is 0 Å². The van der Waals surface area contributed by atoms with Gasteiger partial charge in [-0.2, -0.15) is 0 Å². The van der Waals surface area contributed by atoms with Crippen LogP contribution in [0, 0.1) is 0 Å². The molecular formula is C11H11N3OS. The molecule has 0 atom stereocenters. The van der Waals surface area contributed by atoms with Crippen LogP contribution in [-0.4, -0.2) is 10.9 Å². The van der Waals surface area contributed by atoms with E-state index in [1.165, 1.54) is 6.20 Å². The number of aromatic nitrogens is 1. The highest BCUT2D eigenvalue weighted by Crippen LogP contribution is 2.10. The van der Waals surface area contributed by atoms with E-state index in [4.69, 9.17) is 5.73 Å². The van der Waals surface area contributed by atoms with Crippen molar-refractivity contribution in [3.63, 3.8) is 0 Å². The summed E-state index contributed by atoms with van der Waals surface area (Å²) in [5, 5.41) is 4.78. The van der Waals surface area contributed by atoms with Crippen molar-refractivity contribution in [2.45, 2.75) is 6.54 Å². The number of carbonyl (C=O) groups is 1. The predicted octanol–water partition coefficient (Wildman–Crippen LogP) is 1.66. The Labute approximate surface area is 97.1 Å². The number of thiophene rings is 1. The summed E-state index contributed by atoms with van der Waals surface area (Å²) in [6.07, 6.45) is 3.02. The number of carbonyl (C=O) groups excluding carboxylic acids is 1. The second-order valence-corrected chi connectivity index (χ2v) is 4.26. The van der Waals surface area contributed by atoms with Crippen LogP contribution in [0.1, 0.15) is 15.2 Å². The first-order chi connectivity index (χ1) is 7.77. The first-order valence-corrected chi connectivity index (χ1v) is 5.65. The van der Waals surface area contributed by atoms with Crippen molar-refractivity contribution in [3.8, 4) is 0 Å². The minimum absolute atomic E-state index is 0.173. The number of amides is 1. The van der Waals surface area contributed by atoms with Crippen molar-refractivity contribution in [1.29, 1.82) is 0 Å². The topological polar surface area (TPSA) is 68.0 Å². The molecule has 2 rings (SSSR count). The van der Waals surface area contributed by atoms with Crippen LogP contribution >= 0.6 is 11.3 Å². The Balaban J connectivity index is 2.01. The number of nitrogen functional groups attached to an aromatic ring is 1. The summed E-state index contributed by atoms with van der Waals surface area (Å²) in [6.45, 7) is 0.526. The van der Waals surface area contributed by atoms with E-state index in [0.29, 0.717) is 17.8 Å². The lowest BCUT2D eigenvalue weighted by molar-refractivity contribution is 0.0952. The molecule has 2 heterocycles. The molecule has 0 radical (unpaired) electrons. The molecule has 0 fully saturated rings. The van der Waals surface area contributed by atoms with Crippen LogP contribution in [0.25, 0.3) is 0 Å². The summed E-state index contributed by atoms with van der Waals surface area (Å²) in [4.78, 5) is 16.7. The Morgan fingerprint density at radius 1 is 1.50 bits per heavy atom. The van der Waals surface area contributed by atoms with Gasteiger partial charge in [-0.05, 0) is 17.5 Å². The fourth-order valence-corrected chi connectivity index (χ4v) is 1.93. The van der Waals surface area contributed by atoms with Gasteiger partial charge in [-0.1, -0.05) is 6.07 Å². The maximum absolute atomic E-state index is 11.7. The number of nitrogens with two attached hydrogens (primary N) is 1. The van der Waals surface area contributed by atoms with E-state index in [0.717, 1.165) is 4.88 Å². The molecule has 0 aliphatic rings. The number of hydrogen-bond acceptors (Lipinski definition) is 4. The van der Waals surface area contributed by atoms with Crippen molar-refractivity contribution in [3.05, 3.63) is 46.4 Å². The van der Waals surface area contributed by atoms with E-state index in [-0.39, 0.29) is 5.91 Å². The van der Waals surface area contributed by atoms with E-state index in [2.05, 4.69) is 10.3 Å². The minimum atomic E-state index is -0.173. The summed E-state index contributed by atoms with van der Waals surface area (Å²) >= 11 is 1.61. The third kappa shape index (κ3) is 2.38. The van der Waals surface area contributed by atoms with E-state index in [1.807, 2.05) is 17.5 Å². The molecule has 0 unspecified atom stereocenters. The summed E-state index contributed by atoms with van der Waals surface area (Å²) in [5.41, 5.74) is 6.51. The van der Waals surface area contributed by atoms with Crippen LogP contribution in [0.4, 0.5) is 5.69 Å². The molecule has 2 aromatic rings. The summed E-state index contributed by atoms with van der Waals surface area (Å²) in [7, 11) is 0. The van der Waals surface area contributed by atoms with Crippen molar-refractivity contribution < 1.29 is 4.79 Å². The van der Waals surface area contributed by atoms with Gasteiger partial charge in [0.2, 0.25) is 0 Å². The highest BCUT2D eigenvalue weighted by atomic mass is 32.1. The average Bonchev–Trinajstić information content (AvgIpc) is 2.79. The van der Waals surface area contributed by atoms with Crippen molar-refractivity contribution >= 4 is 22.9 Å². The molecular weight excluding hydrogens is 222 g/mol. The molecule has 0 spiro atoms. The van der Waals surface area contributed by atoms with Crippen LogP contribution in [0.3, 0.4) is 0 Å². The molecule has 82 valence electrons. The third-order valence-electron chi connectivity index (χ3n) is 2.10. The Morgan fingerprint density at radius 3 is 3.06 bits per heavy atom. The molecule has 0 aliphatic carbocycles. The smallest absolute Gasteiger partial charge is 0.253 e. The van der Waals surface area contributed by atoms with Gasteiger partial charge in [-0.25, -0.2) is 0 Å². The van der Waals surface area contributed by atoms with Gasteiger partial charge in [0.05, 0.1) is 24.0 Å². The Bertz CT molecular complexity index is 482. The fraction of sp³-hybridized carbons (Fsp3) is 0.0909. The second-order valence-electron chi connectivity index (χ2n) is 3.22. The average molecular weight is 233 g/mol. The minimum Gasteiger partial charge on any atom is -0.397 e. The maximum Gasteiger partial charge on any atom is 0.253 e. The van der Waals surface area contributed by atoms with Gasteiger partial charge >= 0.3 is 0 Å². The maximum atomic E-state index is 11.7. The number of pyridine rings is 1. The number of anilines is 1. The highest BCUT2D eigenvalue weighted by molar-refractivity contribution is 7.09. The molecule has 3 N–H and O–H groups in total. The number of nitrogens with zero attached hydrogens (tertiary/aromatic N) is 1. The summed E-state index contributed by atoms with van der Waals surface area (Å²) in [6, 6.07) is 5.53. The van der Waals surface area contributed by atoms with Gasteiger partial charge in [0, 0.05) is 11.1 Å². The number of hydrogen-bond donors (Lipinski definition) is 2. The Hall–Kier alpha value is -1.88. The Morgan fingerprint density at radius 2 is 2.38 bits per heavy atom. The van der Waals surface area contributed by atoms with E-state index >= 15 is 0 Å². The fourth-order valence-electron chi connectivity index (χ4n) is 1.29. The molecule has 0 aliphatic heterocycles. The largest absolute Gasteiger partial charge is 0.397 e. The standard InChI is InChI=1S/C11H11N3OS/c12-10-7-13-4-3-9(10)11(15)14-6-8-2-1-5-16-8/h1-5,7H,6,12H2,(H,14,15). The van der Waals surface area contributed by atoms with Gasteiger partial charge in [0.1, 0.15) is 0 Å². The Kier molecular flexibility index (Phi) is 3.16. The molecule has 0 saturated heterocycles. The van der Waals surface area contributed by atoms with Crippen LogP contribution in [0.2, 0.25) is 0 Å². The molecule has 4 nitrogen and oxygen atoms in total. The second kappa shape index (κ2) is 4.76. The lowest BCUT2D eigenvalue weighted by Gasteiger charge is -2.05. The molecule has 16 heavy (non-hydrogen) atoms. The predicted molar refractivity (Wildman–Crippen MR) is 64.1 cm³/mol. The van der Waals surface area contributed by atoms with Crippen LogP contribution < -0.4 is 11.1 Å². The molecule has 0 aromatic carbocycles. The lowest BCUT2D eigenvalue weighted by Crippen LogP contribution is -2.23. The zero-order valence-corrected chi connectivity index (χ0v) is 9.33. The molecule has 2 aromatic heterocycles. The number of nitrogens with one attached hydrogen (secondary N) is 1. The first kappa shape index (κ1) is 10.6. The normalized spacial score (nSPS) is 10.0. The van der Waals surface area contributed by atoms with Gasteiger partial charge in [0.15, 0.2) is 0 Å². The SMILES string of the molecule is Nc1cnccc1C(=O)NCc1cccs1. The van der Waals surface area contributed by atoms with E-state index in [1.54, 1.807) is 23.6 Å². The summed E-state index contributed by atoms with van der Waals surface area (Å²) < 4.78 is 0. The third-order valence-corrected chi connectivity index (χ3v) is 2.98. The molecule has 5 heteroatoms.